The number of nitrogens with one attached hydrogen (secondary N) is 1. The summed E-state index contributed by atoms with van der Waals surface area (Å²) in [4.78, 5) is 25.1. The van der Waals surface area contributed by atoms with Crippen LogP contribution < -0.4 is 20.4 Å². The van der Waals surface area contributed by atoms with E-state index >= 15 is 0 Å². The van der Waals surface area contributed by atoms with E-state index in [4.69, 9.17) is 13.9 Å². The third-order valence-corrected chi connectivity index (χ3v) is 4.96. The minimum atomic E-state index is -0.588. The molecule has 0 unspecified atom stereocenters. The van der Waals surface area contributed by atoms with E-state index in [2.05, 4.69) is 15.5 Å². The summed E-state index contributed by atoms with van der Waals surface area (Å²) in [6.07, 6.45) is 1.70. The van der Waals surface area contributed by atoms with Gasteiger partial charge in [0.05, 0.1) is 32.7 Å². The first kappa shape index (κ1) is 19.4. The Hall–Kier alpha value is -3.88. The molecule has 30 heavy (non-hydrogen) atoms. The molecule has 9 heteroatoms. The Bertz CT molecular complexity index is 1310. The van der Waals surface area contributed by atoms with Gasteiger partial charge in [-0.15, -0.1) is 10.2 Å². The van der Waals surface area contributed by atoms with Crippen molar-refractivity contribution < 1.29 is 18.7 Å². The highest BCUT2D eigenvalue weighted by Gasteiger charge is 2.19. The number of methoxy groups -OCH3 is 2. The second-order valence-corrected chi connectivity index (χ2v) is 6.67. The lowest BCUT2D eigenvalue weighted by atomic mass is 10.0. The maximum Gasteiger partial charge on any atom is 0.340 e. The molecule has 3 aromatic heterocycles. The van der Waals surface area contributed by atoms with Gasteiger partial charge in [-0.3, -0.25) is 9.20 Å². The average Bonchev–Trinajstić information content (AvgIpc) is 3.17. The fourth-order valence-electron chi connectivity index (χ4n) is 3.38. The number of benzene rings is 1. The summed E-state index contributed by atoms with van der Waals surface area (Å²) in [5.41, 5.74) is 1.34. The molecular weight excluding hydrogens is 388 g/mol. The summed E-state index contributed by atoms with van der Waals surface area (Å²) < 4.78 is 17.9. The third-order valence-electron chi connectivity index (χ3n) is 4.96. The number of aromatic nitrogens is 3. The molecule has 0 saturated heterocycles. The molecule has 3 heterocycles. The van der Waals surface area contributed by atoms with Crippen LogP contribution in [0.25, 0.3) is 16.6 Å². The maximum atomic E-state index is 12.6. The molecule has 9 nitrogen and oxygen atoms in total. The van der Waals surface area contributed by atoms with E-state index in [1.165, 1.54) is 14.2 Å². The molecule has 0 atom stereocenters. The standard InChI is InChI=1S/C21H20N4O5/c1-12-13-7-8-15(28-2)20(29-3)19(13)30-21(27)14(12)10-18(26)22-11-17-24-23-16-6-4-5-9-25(16)17/h4-9H,10-11H2,1-3H3,(H,22,26). The van der Waals surface area contributed by atoms with Gasteiger partial charge in [-0.1, -0.05) is 6.07 Å². The molecule has 1 aromatic carbocycles. The molecule has 0 spiro atoms. The lowest BCUT2D eigenvalue weighted by Crippen LogP contribution is -2.28. The van der Waals surface area contributed by atoms with Gasteiger partial charge >= 0.3 is 5.63 Å². The van der Waals surface area contributed by atoms with Gasteiger partial charge < -0.3 is 19.2 Å². The molecule has 1 N–H and O–H groups in total. The van der Waals surface area contributed by atoms with E-state index in [0.717, 1.165) is 0 Å². The Kier molecular flexibility index (Phi) is 5.09. The van der Waals surface area contributed by atoms with Crippen molar-refractivity contribution >= 4 is 22.5 Å². The van der Waals surface area contributed by atoms with Gasteiger partial charge in [0.1, 0.15) is 0 Å². The Balaban J connectivity index is 1.58. The normalized spacial score (nSPS) is 11.0. The Morgan fingerprint density at radius 2 is 2.00 bits per heavy atom. The van der Waals surface area contributed by atoms with Crippen LogP contribution in [0.1, 0.15) is 17.0 Å². The summed E-state index contributed by atoms with van der Waals surface area (Å²) >= 11 is 0. The van der Waals surface area contributed by atoms with Crippen molar-refractivity contribution in [3.05, 3.63) is 63.9 Å². The van der Waals surface area contributed by atoms with E-state index in [1.807, 2.05) is 24.4 Å². The molecule has 0 radical (unpaired) electrons. The molecule has 154 valence electrons. The van der Waals surface area contributed by atoms with Crippen molar-refractivity contribution in [2.75, 3.05) is 14.2 Å². The minimum Gasteiger partial charge on any atom is -0.493 e. The van der Waals surface area contributed by atoms with Crippen LogP contribution in [0, 0.1) is 6.92 Å². The SMILES string of the molecule is COc1ccc2c(C)c(CC(=O)NCc3nnc4ccccn34)c(=O)oc2c1OC. The van der Waals surface area contributed by atoms with Gasteiger partial charge in [-0.25, -0.2) is 4.79 Å². The molecule has 0 aliphatic heterocycles. The first-order valence-electron chi connectivity index (χ1n) is 9.26. The lowest BCUT2D eigenvalue weighted by molar-refractivity contribution is -0.120. The number of hydrogen-bond acceptors (Lipinski definition) is 7. The summed E-state index contributed by atoms with van der Waals surface area (Å²) in [7, 11) is 2.98. The molecular formula is C21H20N4O5. The van der Waals surface area contributed by atoms with E-state index in [1.54, 1.807) is 23.5 Å². The molecule has 0 aliphatic carbocycles. The minimum absolute atomic E-state index is 0.116. The van der Waals surface area contributed by atoms with Crippen molar-refractivity contribution in [2.45, 2.75) is 19.9 Å². The monoisotopic (exact) mass is 408 g/mol. The van der Waals surface area contributed by atoms with Gasteiger partial charge in [-0.05, 0) is 36.8 Å². The predicted molar refractivity (Wildman–Crippen MR) is 109 cm³/mol. The number of hydrogen-bond donors (Lipinski definition) is 1. The van der Waals surface area contributed by atoms with Gasteiger partial charge in [0, 0.05) is 11.6 Å². The number of amides is 1. The van der Waals surface area contributed by atoms with E-state index in [-0.39, 0.29) is 18.9 Å². The molecule has 0 saturated carbocycles. The van der Waals surface area contributed by atoms with Crippen molar-refractivity contribution in [3.8, 4) is 11.5 Å². The number of pyridine rings is 1. The topological polar surface area (TPSA) is 108 Å². The summed E-state index contributed by atoms with van der Waals surface area (Å²) in [5.74, 6) is 1.07. The van der Waals surface area contributed by atoms with Crippen LogP contribution in [0.3, 0.4) is 0 Å². The number of carbonyl (C=O) groups excluding carboxylic acids is 1. The number of ether oxygens (including phenoxy) is 2. The van der Waals surface area contributed by atoms with Gasteiger partial charge in [0.2, 0.25) is 11.7 Å². The van der Waals surface area contributed by atoms with Crippen molar-refractivity contribution in [1.29, 1.82) is 0 Å². The molecule has 4 rings (SSSR count). The third kappa shape index (κ3) is 3.34. The maximum absolute atomic E-state index is 12.6. The number of rotatable bonds is 6. The highest BCUT2D eigenvalue weighted by Crippen LogP contribution is 2.36. The highest BCUT2D eigenvalue weighted by atomic mass is 16.5. The molecule has 0 bridgehead atoms. The van der Waals surface area contributed by atoms with E-state index < -0.39 is 5.63 Å². The summed E-state index contributed by atoms with van der Waals surface area (Å²) in [5, 5.41) is 11.6. The zero-order valence-corrected chi connectivity index (χ0v) is 16.8. The van der Waals surface area contributed by atoms with Gasteiger partial charge in [-0.2, -0.15) is 0 Å². The van der Waals surface area contributed by atoms with E-state index in [9.17, 15) is 9.59 Å². The molecule has 4 aromatic rings. The second-order valence-electron chi connectivity index (χ2n) is 6.67. The first-order valence-corrected chi connectivity index (χ1v) is 9.26. The number of aryl methyl sites for hydroxylation is 1. The van der Waals surface area contributed by atoms with Crippen LogP contribution in [0.2, 0.25) is 0 Å². The lowest BCUT2D eigenvalue weighted by Gasteiger charge is -2.12. The zero-order chi connectivity index (χ0) is 21.3. The quantitative estimate of drug-likeness (QED) is 0.486. The number of carbonyl (C=O) groups is 1. The summed E-state index contributed by atoms with van der Waals surface area (Å²) in [6.45, 7) is 1.97. The average molecular weight is 408 g/mol. The summed E-state index contributed by atoms with van der Waals surface area (Å²) in [6, 6.07) is 9.05. The smallest absolute Gasteiger partial charge is 0.340 e. The van der Waals surface area contributed by atoms with E-state index in [0.29, 0.717) is 45.1 Å². The first-order chi connectivity index (χ1) is 14.5. The van der Waals surface area contributed by atoms with Crippen LogP contribution in [-0.4, -0.2) is 34.7 Å². The van der Waals surface area contributed by atoms with Crippen LogP contribution in [0.5, 0.6) is 11.5 Å². The Labute approximate surface area is 171 Å². The van der Waals surface area contributed by atoms with Gasteiger partial charge in [0.25, 0.3) is 0 Å². The number of fused-ring (bicyclic) bond motifs is 2. The van der Waals surface area contributed by atoms with Gasteiger partial charge in [0.15, 0.2) is 22.8 Å². The van der Waals surface area contributed by atoms with Crippen molar-refractivity contribution in [1.82, 2.24) is 19.9 Å². The van der Waals surface area contributed by atoms with Crippen LogP contribution >= 0.6 is 0 Å². The zero-order valence-electron chi connectivity index (χ0n) is 16.8. The Morgan fingerprint density at radius 1 is 1.17 bits per heavy atom. The molecule has 0 aliphatic rings. The van der Waals surface area contributed by atoms with Crippen LogP contribution in [0.4, 0.5) is 0 Å². The Morgan fingerprint density at radius 3 is 2.77 bits per heavy atom. The highest BCUT2D eigenvalue weighted by molar-refractivity contribution is 5.89. The van der Waals surface area contributed by atoms with Crippen LogP contribution in [0.15, 0.2) is 45.7 Å². The number of nitrogens with zero attached hydrogens (tertiary/aromatic N) is 3. The molecule has 0 fully saturated rings. The second kappa shape index (κ2) is 7.86. The van der Waals surface area contributed by atoms with Crippen LogP contribution in [-0.2, 0) is 17.8 Å². The largest absolute Gasteiger partial charge is 0.493 e. The van der Waals surface area contributed by atoms with Crippen molar-refractivity contribution in [3.63, 3.8) is 0 Å². The predicted octanol–water partition coefficient (Wildman–Crippen LogP) is 2.02. The fourth-order valence-corrected chi connectivity index (χ4v) is 3.38. The van der Waals surface area contributed by atoms with Crippen molar-refractivity contribution in [2.24, 2.45) is 0 Å². The fraction of sp³-hybridized carbons (Fsp3) is 0.238. The molecule has 1 amide bonds.